The Morgan fingerprint density at radius 3 is 2.88 bits per heavy atom. The Kier molecular flexibility index (Phi) is 3.03. The third-order valence-electron chi connectivity index (χ3n) is 3.38. The second-order valence-corrected chi connectivity index (χ2v) is 6.72. The van der Waals surface area contributed by atoms with Gasteiger partial charge in [0.05, 0.1) is 15.6 Å². The Hall–Kier alpha value is -0.710. The first-order valence-corrected chi connectivity index (χ1v) is 7.72. The predicted octanol–water partition coefficient (Wildman–Crippen LogP) is 3.46. The standard InChI is InChI=1S/C13H16N2S2/c1-8-2-3-16-13(8)11-7-17-12(15-11)6-9-4-10(14)5-9/h2-3,7,9-10H,4-6,14H2,1H3. The molecule has 3 rings (SSSR count). The lowest BCUT2D eigenvalue weighted by Crippen LogP contribution is -2.37. The van der Waals surface area contributed by atoms with Gasteiger partial charge in [-0.3, -0.25) is 0 Å². The molecule has 0 saturated heterocycles. The van der Waals surface area contributed by atoms with Crippen LogP contribution in [0.2, 0.25) is 0 Å². The molecule has 17 heavy (non-hydrogen) atoms. The Balaban J connectivity index is 1.72. The maximum Gasteiger partial charge on any atom is 0.0935 e. The van der Waals surface area contributed by atoms with Gasteiger partial charge in [-0.25, -0.2) is 4.98 Å². The van der Waals surface area contributed by atoms with Gasteiger partial charge in [0.25, 0.3) is 0 Å². The molecule has 0 aliphatic heterocycles. The molecule has 0 radical (unpaired) electrons. The highest BCUT2D eigenvalue weighted by atomic mass is 32.1. The third kappa shape index (κ3) is 2.30. The molecule has 1 fully saturated rings. The molecule has 90 valence electrons. The van der Waals surface area contributed by atoms with Crippen LogP contribution >= 0.6 is 22.7 Å². The molecule has 0 bridgehead atoms. The highest BCUT2D eigenvalue weighted by molar-refractivity contribution is 7.14. The van der Waals surface area contributed by atoms with Gasteiger partial charge in [-0.05, 0) is 42.7 Å². The number of nitrogens with two attached hydrogens (primary N) is 1. The van der Waals surface area contributed by atoms with E-state index >= 15 is 0 Å². The average molecular weight is 264 g/mol. The summed E-state index contributed by atoms with van der Waals surface area (Å²) in [5.41, 5.74) is 8.29. The Morgan fingerprint density at radius 1 is 1.41 bits per heavy atom. The fraction of sp³-hybridized carbons (Fsp3) is 0.462. The predicted molar refractivity (Wildman–Crippen MR) is 74.6 cm³/mol. The first-order valence-electron chi connectivity index (χ1n) is 5.97. The van der Waals surface area contributed by atoms with Gasteiger partial charge >= 0.3 is 0 Å². The summed E-state index contributed by atoms with van der Waals surface area (Å²) in [7, 11) is 0. The number of thiazole rings is 1. The largest absolute Gasteiger partial charge is 0.328 e. The molecule has 1 saturated carbocycles. The molecule has 0 aromatic carbocycles. The minimum atomic E-state index is 0.443. The van der Waals surface area contributed by atoms with E-state index in [1.807, 2.05) is 0 Å². The van der Waals surface area contributed by atoms with Gasteiger partial charge in [-0.1, -0.05) is 0 Å². The molecular weight excluding hydrogens is 248 g/mol. The molecule has 2 aromatic heterocycles. The maximum atomic E-state index is 5.81. The van der Waals surface area contributed by atoms with E-state index in [9.17, 15) is 0 Å². The first kappa shape index (κ1) is 11.4. The number of hydrogen-bond acceptors (Lipinski definition) is 4. The lowest BCUT2D eigenvalue weighted by atomic mass is 9.79. The number of aromatic nitrogens is 1. The minimum absolute atomic E-state index is 0.443. The molecule has 0 amide bonds. The average Bonchev–Trinajstić information content (AvgIpc) is 2.84. The lowest BCUT2D eigenvalue weighted by Gasteiger charge is -2.31. The zero-order chi connectivity index (χ0) is 11.8. The summed E-state index contributed by atoms with van der Waals surface area (Å²) in [6, 6.07) is 2.60. The van der Waals surface area contributed by atoms with Crippen molar-refractivity contribution in [3.63, 3.8) is 0 Å². The van der Waals surface area contributed by atoms with Crippen LogP contribution in [0, 0.1) is 12.8 Å². The summed E-state index contributed by atoms with van der Waals surface area (Å²) < 4.78 is 0. The van der Waals surface area contributed by atoms with Crippen LogP contribution in [0.5, 0.6) is 0 Å². The van der Waals surface area contributed by atoms with Crippen molar-refractivity contribution < 1.29 is 0 Å². The molecule has 0 atom stereocenters. The fourth-order valence-electron chi connectivity index (χ4n) is 2.34. The molecular formula is C13H16N2S2. The quantitative estimate of drug-likeness (QED) is 0.922. The number of nitrogens with zero attached hydrogens (tertiary/aromatic N) is 1. The second kappa shape index (κ2) is 4.52. The zero-order valence-corrected chi connectivity index (χ0v) is 11.5. The van der Waals surface area contributed by atoms with E-state index in [0.29, 0.717) is 6.04 Å². The highest BCUT2D eigenvalue weighted by Crippen LogP contribution is 2.33. The SMILES string of the molecule is Cc1ccsc1-c1csc(CC2CC(N)C2)n1. The van der Waals surface area contributed by atoms with Crippen molar-refractivity contribution >= 4 is 22.7 Å². The van der Waals surface area contributed by atoms with Gasteiger partial charge < -0.3 is 5.73 Å². The van der Waals surface area contributed by atoms with E-state index in [1.54, 1.807) is 22.7 Å². The summed E-state index contributed by atoms with van der Waals surface area (Å²) in [6.07, 6.45) is 3.46. The van der Waals surface area contributed by atoms with E-state index in [4.69, 9.17) is 10.7 Å². The molecule has 2 N–H and O–H groups in total. The van der Waals surface area contributed by atoms with Gasteiger partial charge in [0, 0.05) is 17.8 Å². The van der Waals surface area contributed by atoms with Crippen molar-refractivity contribution in [2.45, 2.75) is 32.2 Å². The molecule has 0 unspecified atom stereocenters. The van der Waals surface area contributed by atoms with Crippen molar-refractivity contribution in [1.82, 2.24) is 4.98 Å². The van der Waals surface area contributed by atoms with E-state index < -0.39 is 0 Å². The molecule has 2 heterocycles. The Bertz CT molecular complexity index is 509. The number of thiophene rings is 1. The molecule has 2 nitrogen and oxygen atoms in total. The van der Waals surface area contributed by atoms with Crippen LogP contribution in [0.1, 0.15) is 23.4 Å². The molecule has 0 spiro atoms. The van der Waals surface area contributed by atoms with Crippen LogP contribution in [0.3, 0.4) is 0 Å². The van der Waals surface area contributed by atoms with Gasteiger partial charge in [-0.15, -0.1) is 22.7 Å². The number of hydrogen-bond donors (Lipinski definition) is 1. The maximum absolute atomic E-state index is 5.81. The Labute approximate surface area is 110 Å². The van der Waals surface area contributed by atoms with Gasteiger partial charge in [0.15, 0.2) is 0 Å². The van der Waals surface area contributed by atoms with Crippen LogP contribution < -0.4 is 5.73 Å². The molecule has 1 aliphatic carbocycles. The van der Waals surface area contributed by atoms with Crippen LogP contribution in [0.4, 0.5) is 0 Å². The smallest absolute Gasteiger partial charge is 0.0935 e. The topological polar surface area (TPSA) is 38.9 Å². The summed E-state index contributed by atoms with van der Waals surface area (Å²) in [5, 5.41) is 5.59. The molecule has 1 aliphatic rings. The van der Waals surface area contributed by atoms with E-state index in [0.717, 1.165) is 18.0 Å². The van der Waals surface area contributed by atoms with Crippen LogP contribution in [-0.4, -0.2) is 11.0 Å². The highest BCUT2D eigenvalue weighted by Gasteiger charge is 2.26. The van der Waals surface area contributed by atoms with E-state index in [-0.39, 0.29) is 0 Å². The van der Waals surface area contributed by atoms with E-state index in [2.05, 4.69) is 23.8 Å². The minimum Gasteiger partial charge on any atom is -0.328 e. The summed E-state index contributed by atoms with van der Waals surface area (Å²) >= 11 is 3.57. The molecule has 4 heteroatoms. The van der Waals surface area contributed by atoms with Crippen molar-refractivity contribution in [3.8, 4) is 10.6 Å². The van der Waals surface area contributed by atoms with Gasteiger partial charge in [0.1, 0.15) is 0 Å². The normalized spacial score (nSPS) is 23.6. The summed E-state index contributed by atoms with van der Waals surface area (Å²) in [5.74, 6) is 0.772. The van der Waals surface area contributed by atoms with Gasteiger partial charge in [-0.2, -0.15) is 0 Å². The number of aryl methyl sites for hydroxylation is 1. The monoisotopic (exact) mass is 264 g/mol. The van der Waals surface area contributed by atoms with Crippen LogP contribution in [-0.2, 0) is 6.42 Å². The Morgan fingerprint density at radius 2 is 2.24 bits per heavy atom. The fourth-order valence-corrected chi connectivity index (χ4v) is 4.21. The van der Waals surface area contributed by atoms with Gasteiger partial charge in [0.2, 0.25) is 0 Å². The zero-order valence-electron chi connectivity index (χ0n) is 9.85. The number of rotatable bonds is 3. The molecule has 2 aromatic rings. The van der Waals surface area contributed by atoms with Crippen molar-refractivity contribution in [3.05, 3.63) is 27.4 Å². The third-order valence-corrected chi connectivity index (χ3v) is 5.29. The van der Waals surface area contributed by atoms with Crippen molar-refractivity contribution in [2.24, 2.45) is 11.7 Å². The lowest BCUT2D eigenvalue weighted by molar-refractivity contribution is 0.264. The van der Waals surface area contributed by atoms with Crippen LogP contribution in [0.25, 0.3) is 10.6 Å². The summed E-state index contributed by atoms with van der Waals surface area (Å²) in [6.45, 7) is 2.15. The van der Waals surface area contributed by atoms with E-state index in [1.165, 1.54) is 28.3 Å². The summed E-state index contributed by atoms with van der Waals surface area (Å²) in [4.78, 5) is 6.07. The first-order chi connectivity index (χ1) is 8.22. The van der Waals surface area contributed by atoms with Crippen LogP contribution in [0.15, 0.2) is 16.8 Å². The van der Waals surface area contributed by atoms with Crippen molar-refractivity contribution in [1.29, 1.82) is 0 Å². The second-order valence-electron chi connectivity index (χ2n) is 4.86. The van der Waals surface area contributed by atoms with Crippen molar-refractivity contribution in [2.75, 3.05) is 0 Å².